The van der Waals surface area contributed by atoms with Crippen molar-refractivity contribution in [3.05, 3.63) is 60.7 Å². The summed E-state index contributed by atoms with van der Waals surface area (Å²) in [5.74, 6) is 0. The van der Waals surface area contributed by atoms with E-state index in [9.17, 15) is 0 Å². The number of rotatable bonds is 0. The van der Waals surface area contributed by atoms with Gasteiger partial charge in [-0.3, -0.25) is 0 Å². The molecule has 0 bridgehead atoms. The normalized spacial score (nSPS) is 8.75. The predicted octanol–water partition coefficient (Wildman–Crippen LogP) is 3.11. The third kappa shape index (κ3) is 23.5. The van der Waals surface area contributed by atoms with Gasteiger partial charge in [0.15, 0.2) is 0 Å². The molecule has 0 spiro atoms. The van der Waals surface area contributed by atoms with Gasteiger partial charge in [0.1, 0.15) is 0 Å². The van der Waals surface area contributed by atoms with E-state index in [1.54, 1.807) is 0 Å². The van der Waals surface area contributed by atoms with Gasteiger partial charge in [0.2, 0.25) is 0 Å². The Morgan fingerprint density at radius 1 is 0.750 bits per heavy atom. The maximum atomic E-state index is 2.20. The van der Waals surface area contributed by atoms with Crippen LogP contribution in [0.4, 0.5) is 0 Å². The van der Waals surface area contributed by atoms with E-state index < -0.39 is 0 Å². The fraction of sp³-hybridized carbons (Fsp3) is 0.286. The third-order valence-electron chi connectivity index (χ3n) is 1.11. The smallest absolute Gasteiger partial charge is 0.172 e. The molecule has 0 aromatic heterocycles. The van der Waals surface area contributed by atoms with Gasteiger partial charge < -0.3 is 0 Å². The number of hydrogen-bond donors (Lipinski definition) is 0. The second kappa shape index (κ2) is 11.2. The topological polar surface area (TPSA) is 0 Å². The fourth-order valence-corrected chi connectivity index (χ4v) is 0.642. The average Bonchev–Trinajstić information content (AvgIpc) is 2.81. The largest absolute Gasteiger partial charge is 0.214 e. The monoisotopic (exact) mass is 400 g/mol. The minimum Gasteiger partial charge on any atom is -0.214 e. The maximum absolute atomic E-state index is 2.20. The Hall–Kier alpha value is -0.343. The molecule has 2 aromatic rings. The second-order valence-corrected chi connectivity index (χ2v) is 6.61. The van der Waals surface area contributed by atoms with Crippen LogP contribution in [0.25, 0.3) is 0 Å². The molecule has 2 heteroatoms. The Morgan fingerprint density at radius 3 is 1.00 bits per heavy atom. The molecule has 0 heterocycles. The molecule has 0 aliphatic carbocycles. The summed E-state index contributed by atoms with van der Waals surface area (Å²) in [5, 5.41) is 0.528. The molecule has 2 radical (unpaired) electrons. The third-order valence-corrected chi connectivity index (χ3v) is 1.11. The summed E-state index contributed by atoms with van der Waals surface area (Å²) in [6, 6.07) is 20.0. The Kier molecular flexibility index (Phi) is 12.6. The van der Waals surface area contributed by atoms with Crippen molar-refractivity contribution in [3.8, 4) is 0 Å². The van der Waals surface area contributed by atoms with Gasteiger partial charge in [-0.05, 0) is 0 Å². The van der Waals surface area contributed by atoms with E-state index in [2.05, 4.69) is 20.8 Å². The standard InChI is InChI=1S/2C5H5.C4H11Si.Ta.2H/c2*1-2-4-5-3-1;1-4(2,3)5;;;/h2*1-5H;5H2,1-3H3;;;/q2*-1;;;;. The molecular formula is C14H23SiTa-2. The van der Waals surface area contributed by atoms with Gasteiger partial charge in [-0.15, -0.1) is 0 Å². The summed E-state index contributed by atoms with van der Waals surface area (Å²) in [7, 11) is 2.01. The van der Waals surface area contributed by atoms with Crippen molar-refractivity contribution in [3.63, 3.8) is 0 Å². The summed E-state index contributed by atoms with van der Waals surface area (Å²) in [4.78, 5) is 0. The van der Waals surface area contributed by atoms with Gasteiger partial charge >= 0.3 is 22.4 Å². The van der Waals surface area contributed by atoms with E-state index in [-0.39, 0.29) is 22.4 Å². The van der Waals surface area contributed by atoms with Crippen LogP contribution in [0.15, 0.2) is 60.7 Å². The van der Waals surface area contributed by atoms with Crippen molar-refractivity contribution in [1.29, 1.82) is 0 Å². The first-order chi connectivity index (χ1) is 7.00. The first-order valence-corrected chi connectivity index (χ1v) is 5.89. The number of hydrogen-bond acceptors (Lipinski definition) is 0. The zero-order valence-corrected chi connectivity index (χ0v) is 16.1. The Labute approximate surface area is 119 Å². The molecule has 0 saturated heterocycles. The fourth-order valence-electron chi connectivity index (χ4n) is 0.642. The van der Waals surface area contributed by atoms with Crippen molar-refractivity contribution in [2.24, 2.45) is 0 Å². The van der Waals surface area contributed by atoms with Crippen molar-refractivity contribution < 1.29 is 22.4 Å². The summed E-state index contributed by atoms with van der Waals surface area (Å²) < 4.78 is 0. The summed E-state index contributed by atoms with van der Waals surface area (Å²) in [6.07, 6.45) is 0. The summed E-state index contributed by atoms with van der Waals surface area (Å²) in [6.45, 7) is 6.60. The molecule has 0 fully saturated rings. The van der Waals surface area contributed by atoms with Crippen LogP contribution in [0.1, 0.15) is 20.8 Å². The van der Waals surface area contributed by atoms with Gasteiger partial charge in [0, 0.05) is 10.2 Å². The molecule has 0 N–H and O–H groups in total. The minimum atomic E-state index is 0. The van der Waals surface area contributed by atoms with Crippen molar-refractivity contribution >= 4 is 10.2 Å². The molecule has 16 heavy (non-hydrogen) atoms. The Balaban J connectivity index is 0. The van der Waals surface area contributed by atoms with E-state index in [0.29, 0.717) is 5.04 Å². The van der Waals surface area contributed by atoms with Crippen LogP contribution in [-0.2, 0) is 22.4 Å². The minimum absolute atomic E-state index is 0. The Morgan fingerprint density at radius 2 is 0.938 bits per heavy atom. The Bertz CT molecular complexity index is 210. The van der Waals surface area contributed by atoms with E-state index >= 15 is 0 Å². The zero-order chi connectivity index (χ0) is 11.6. The van der Waals surface area contributed by atoms with Gasteiger partial charge in [-0.2, -0.15) is 36.4 Å². The van der Waals surface area contributed by atoms with E-state index in [1.807, 2.05) is 70.9 Å². The van der Waals surface area contributed by atoms with Gasteiger partial charge in [0.25, 0.3) is 0 Å². The second-order valence-electron chi connectivity index (χ2n) is 4.49. The first-order valence-electron chi connectivity index (χ1n) is 5.19. The van der Waals surface area contributed by atoms with Gasteiger partial charge in [0.05, 0.1) is 0 Å². The quantitative estimate of drug-likeness (QED) is 0.471. The average molecular weight is 400 g/mol. The summed E-state index contributed by atoms with van der Waals surface area (Å²) >= 11 is 0. The van der Waals surface area contributed by atoms with Crippen LogP contribution in [0.3, 0.4) is 0 Å². The molecule has 2 rings (SSSR count). The van der Waals surface area contributed by atoms with Crippen LogP contribution >= 0.6 is 0 Å². The first kappa shape index (κ1) is 18.0. The maximum Gasteiger partial charge on any atom is -0.172 e. The van der Waals surface area contributed by atoms with Crippen molar-refractivity contribution in [1.82, 2.24) is 0 Å². The predicted molar refractivity (Wildman–Crippen MR) is 75.1 cm³/mol. The van der Waals surface area contributed by atoms with Crippen LogP contribution in [0.5, 0.6) is 0 Å². The van der Waals surface area contributed by atoms with Crippen molar-refractivity contribution in [2.75, 3.05) is 0 Å². The van der Waals surface area contributed by atoms with Gasteiger partial charge in [-0.1, -0.05) is 25.8 Å². The van der Waals surface area contributed by atoms with Crippen LogP contribution in [0.2, 0.25) is 5.04 Å². The van der Waals surface area contributed by atoms with E-state index in [4.69, 9.17) is 0 Å². The van der Waals surface area contributed by atoms with Crippen molar-refractivity contribution in [2.45, 2.75) is 25.8 Å². The molecule has 0 amide bonds. The van der Waals surface area contributed by atoms with Crippen LogP contribution in [0, 0.1) is 0 Å². The molecule has 0 nitrogen and oxygen atoms in total. The molecule has 2 aromatic carbocycles. The molecule has 0 unspecified atom stereocenters. The SMILES string of the molecule is CC(C)(C)[SiH2].[TaH2].c1cc[cH-]c1.c1cc[cH-]c1. The van der Waals surface area contributed by atoms with Crippen LogP contribution < -0.4 is 0 Å². The molecular weight excluding hydrogens is 377 g/mol. The van der Waals surface area contributed by atoms with E-state index in [0.717, 1.165) is 0 Å². The molecule has 90 valence electrons. The summed E-state index contributed by atoms with van der Waals surface area (Å²) in [5.41, 5.74) is 0. The zero-order valence-electron chi connectivity index (χ0n) is 10.6. The van der Waals surface area contributed by atoms with E-state index in [1.165, 1.54) is 0 Å². The molecule has 0 atom stereocenters. The molecule has 0 aliphatic heterocycles. The van der Waals surface area contributed by atoms with Gasteiger partial charge in [-0.25, -0.2) is 24.3 Å². The molecule has 0 aliphatic rings. The molecule has 0 saturated carbocycles. The van der Waals surface area contributed by atoms with Crippen LogP contribution in [-0.4, -0.2) is 10.2 Å².